The van der Waals surface area contributed by atoms with Crippen LogP contribution in [0.5, 0.6) is 11.5 Å². The van der Waals surface area contributed by atoms with E-state index in [0.717, 1.165) is 0 Å². The van der Waals surface area contributed by atoms with Gasteiger partial charge < -0.3 is 26.0 Å². The van der Waals surface area contributed by atoms with Gasteiger partial charge in [0, 0.05) is 11.8 Å². The van der Waals surface area contributed by atoms with E-state index in [1.165, 1.54) is 36.5 Å². The van der Waals surface area contributed by atoms with E-state index in [1.54, 1.807) is 42.5 Å². The molecule has 2 aromatic carbocycles. The highest BCUT2D eigenvalue weighted by Crippen LogP contribution is 2.31. The van der Waals surface area contributed by atoms with Crippen molar-refractivity contribution in [1.82, 2.24) is 9.97 Å². The first-order chi connectivity index (χ1) is 19.6. The van der Waals surface area contributed by atoms with E-state index in [-0.39, 0.29) is 23.2 Å². The Hall–Kier alpha value is -4.67. The maximum atomic E-state index is 13.6. The second-order valence-electron chi connectivity index (χ2n) is 9.93. The Kier molecular flexibility index (Phi) is 9.38. The number of nitrogens with one attached hydrogen (secondary N) is 1. The van der Waals surface area contributed by atoms with Gasteiger partial charge in [-0.3, -0.25) is 14.6 Å². The molecule has 5 N–H and O–H groups in total. The van der Waals surface area contributed by atoms with Crippen molar-refractivity contribution in [3.8, 4) is 22.8 Å². The number of carbonyl (C=O) groups is 2. The fourth-order valence-electron chi connectivity index (χ4n) is 4.36. The van der Waals surface area contributed by atoms with Crippen LogP contribution in [0.2, 0.25) is 0 Å². The van der Waals surface area contributed by atoms with Gasteiger partial charge in [0.1, 0.15) is 34.9 Å². The van der Waals surface area contributed by atoms with Gasteiger partial charge in [-0.25, -0.2) is 9.37 Å². The lowest BCUT2D eigenvalue weighted by molar-refractivity contribution is -0.118. The van der Waals surface area contributed by atoms with Gasteiger partial charge in [-0.1, -0.05) is 19.9 Å². The van der Waals surface area contributed by atoms with Gasteiger partial charge in [0.05, 0.1) is 18.2 Å². The zero-order valence-corrected chi connectivity index (χ0v) is 22.6. The van der Waals surface area contributed by atoms with E-state index in [2.05, 4.69) is 15.3 Å². The van der Waals surface area contributed by atoms with Crippen molar-refractivity contribution in [2.75, 3.05) is 11.9 Å². The molecule has 0 unspecified atom stereocenters. The summed E-state index contributed by atoms with van der Waals surface area (Å²) in [5.41, 5.74) is 7.39. The molecule has 0 radical (unpaired) electrons. The van der Waals surface area contributed by atoms with Crippen molar-refractivity contribution in [2.24, 2.45) is 11.7 Å². The lowest BCUT2D eigenvalue weighted by atomic mass is 9.88. The van der Waals surface area contributed by atoms with Crippen molar-refractivity contribution < 1.29 is 28.9 Å². The Bertz CT molecular complexity index is 1510. The molecule has 9 nitrogen and oxygen atoms in total. The quantitative estimate of drug-likeness (QED) is 0.203. The number of anilines is 1. The number of pyridine rings is 2. The number of aliphatic hydroxyl groups is 2. The second kappa shape index (κ2) is 13.1. The molecule has 0 spiro atoms. The molecule has 0 bridgehead atoms. The van der Waals surface area contributed by atoms with E-state index in [9.17, 15) is 24.2 Å². The molecule has 0 aliphatic carbocycles. The summed E-state index contributed by atoms with van der Waals surface area (Å²) in [5, 5.41) is 22.8. The van der Waals surface area contributed by atoms with Crippen molar-refractivity contribution in [3.05, 3.63) is 102 Å². The van der Waals surface area contributed by atoms with Crippen molar-refractivity contribution >= 4 is 17.6 Å². The van der Waals surface area contributed by atoms with Crippen molar-refractivity contribution in [3.63, 3.8) is 0 Å². The van der Waals surface area contributed by atoms with Gasteiger partial charge in [-0.2, -0.15) is 0 Å². The number of carbonyl (C=O) groups excluding carboxylic acids is 2. The molecule has 10 heteroatoms. The summed E-state index contributed by atoms with van der Waals surface area (Å²) >= 11 is 0. The summed E-state index contributed by atoms with van der Waals surface area (Å²) in [5.74, 6) is -1.03. The zero-order valence-electron chi connectivity index (χ0n) is 22.6. The Labute approximate surface area is 236 Å². The second-order valence-corrected chi connectivity index (χ2v) is 9.93. The molecular weight excluding hydrogens is 527 g/mol. The number of primary amides is 1. The van der Waals surface area contributed by atoms with E-state index < -0.39 is 30.4 Å². The highest BCUT2D eigenvalue weighted by atomic mass is 19.1. The minimum Gasteiger partial charge on any atom is -0.457 e. The van der Waals surface area contributed by atoms with Crippen LogP contribution in [-0.2, 0) is 4.79 Å². The smallest absolute Gasteiger partial charge is 0.267 e. The van der Waals surface area contributed by atoms with Gasteiger partial charge >= 0.3 is 0 Å². The van der Waals surface area contributed by atoms with Gasteiger partial charge in [0.2, 0.25) is 5.91 Å². The number of hydrogen-bond acceptors (Lipinski definition) is 7. The largest absolute Gasteiger partial charge is 0.457 e. The fraction of sp³-hybridized carbons (Fsp3) is 0.226. The third-order valence-electron chi connectivity index (χ3n) is 6.33. The molecule has 2 atom stereocenters. The normalized spacial score (nSPS) is 12.5. The summed E-state index contributed by atoms with van der Waals surface area (Å²) in [4.78, 5) is 34.3. The third-order valence-corrected chi connectivity index (χ3v) is 6.33. The molecule has 4 aromatic rings. The average Bonchev–Trinajstić information content (AvgIpc) is 2.96. The number of nitrogens with zero attached hydrogens (tertiary/aromatic N) is 2. The molecule has 0 aliphatic heterocycles. The number of benzene rings is 2. The van der Waals surface area contributed by atoms with E-state index in [4.69, 9.17) is 10.5 Å². The van der Waals surface area contributed by atoms with Crippen molar-refractivity contribution in [2.45, 2.75) is 32.3 Å². The molecule has 0 fully saturated rings. The van der Waals surface area contributed by atoms with Gasteiger partial charge in [0.25, 0.3) is 5.91 Å². The van der Waals surface area contributed by atoms with E-state index >= 15 is 0 Å². The summed E-state index contributed by atoms with van der Waals surface area (Å²) in [6, 6.07) is 18.9. The first kappa shape index (κ1) is 29.3. The average molecular weight is 559 g/mol. The molecule has 4 rings (SSSR count). The molecule has 2 aromatic heterocycles. The maximum Gasteiger partial charge on any atom is 0.267 e. The molecule has 0 saturated carbocycles. The standard InChI is InChI=1S/C31H31FN4O5/c1-18(2)14-25(24-4-3-13-34-29(24)30(33)39)31(40)36-28-16-20(27(38)17-37)15-26(35-28)19-5-9-22(10-6-19)41-23-11-7-21(32)8-12-23/h3-13,15-16,18,25,27,37-38H,14,17H2,1-2H3,(H2,33,39)(H,35,36,40)/t25-,27+/m0/s1. The van der Waals surface area contributed by atoms with Crippen LogP contribution in [0.15, 0.2) is 79.0 Å². The van der Waals surface area contributed by atoms with Crippen LogP contribution in [0.3, 0.4) is 0 Å². The van der Waals surface area contributed by atoms with Crippen LogP contribution in [0.1, 0.15) is 53.9 Å². The number of hydrogen-bond donors (Lipinski definition) is 4. The predicted octanol–water partition coefficient (Wildman–Crippen LogP) is 4.97. The molecular formula is C31H31FN4O5. The minimum atomic E-state index is -1.21. The van der Waals surface area contributed by atoms with Crippen LogP contribution in [0.25, 0.3) is 11.3 Å². The summed E-state index contributed by atoms with van der Waals surface area (Å²) in [6.45, 7) is 3.38. The first-order valence-corrected chi connectivity index (χ1v) is 13.0. The maximum absolute atomic E-state index is 13.6. The fourth-order valence-corrected chi connectivity index (χ4v) is 4.36. The molecule has 0 aliphatic rings. The number of aliphatic hydroxyl groups excluding tert-OH is 2. The molecule has 212 valence electrons. The van der Waals surface area contributed by atoms with Crippen LogP contribution in [0, 0.1) is 11.7 Å². The Morgan fingerprint density at radius 3 is 2.29 bits per heavy atom. The highest BCUT2D eigenvalue weighted by Gasteiger charge is 2.27. The van der Waals surface area contributed by atoms with Gasteiger partial charge in [0.15, 0.2) is 0 Å². The number of nitrogens with two attached hydrogens (primary N) is 1. The third kappa shape index (κ3) is 7.50. The zero-order chi connectivity index (χ0) is 29.5. The van der Waals surface area contributed by atoms with Crippen molar-refractivity contribution in [1.29, 1.82) is 0 Å². The summed E-state index contributed by atoms with van der Waals surface area (Å²) in [7, 11) is 0. The van der Waals surface area contributed by atoms with Crippen LogP contribution in [0.4, 0.5) is 10.2 Å². The van der Waals surface area contributed by atoms with E-state index in [0.29, 0.717) is 40.3 Å². The number of ether oxygens (including phenoxy) is 1. The predicted molar refractivity (Wildman–Crippen MR) is 152 cm³/mol. The number of halogens is 1. The van der Waals surface area contributed by atoms with Gasteiger partial charge in [-0.05, 0) is 90.2 Å². The van der Waals surface area contributed by atoms with Crippen LogP contribution in [-0.4, -0.2) is 38.6 Å². The summed E-state index contributed by atoms with van der Waals surface area (Å²) < 4.78 is 18.9. The topological polar surface area (TPSA) is 148 Å². The lowest BCUT2D eigenvalue weighted by Crippen LogP contribution is -2.27. The Morgan fingerprint density at radius 2 is 1.68 bits per heavy atom. The minimum absolute atomic E-state index is 0.0225. The molecule has 2 heterocycles. The van der Waals surface area contributed by atoms with Crippen LogP contribution >= 0.6 is 0 Å². The molecule has 0 saturated heterocycles. The molecule has 41 heavy (non-hydrogen) atoms. The summed E-state index contributed by atoms with van der Waals surface area (Å²) in [6.07, 6.45) is 0.649. The molecule has 2 amide bonds. The van der Waals surface area contributed by atoms with Crippen LogP contribution < -0.4 is 15.8 Å². The highest BCUT2D eigenvalue weighted by molar-refractivity contribution is 5.99. The monoisotopic (exact) mass is 558 g/mol. The van der Waals surface area contributed by atoms with Gasteiger partial charge in [-0.15, -0.1) is 0 Å². The van der Waals surface area contributed by atoms with E-state index in [1.807, 2.05) is 13.8 Å². The lowest BCUT2D eigenvalue weighted by Gasteiger charge is -2.21. The Balaban J connectivity index is 1.64. The number of aromatic nitrogens is 2. The number of amides is 2. The first-order valence-electron chi connectivity index (χ1n) is 13.0. The Morgan fingerprint density at radius 1 is 1.02 bits per heavy atom. The SMILES string of the molecule is CC(C)C[C@H](C(=O)Nc1cc([C@H](O)CO)cc(-c2ccc(Oc3ccc(F)cc3)cc2)n1)c1cccnc1C(N)=O. The number of rotatable bonds is 11.